The third-order valence-corrected chi connectivity index (χ3v) is 12.6. The Kier molecular flexibility index (Phi) is 8.19. The van der Waals surface area contributed by atoms with Gasteiger partial charge in [-0.2, -0.15) is 0 Å². The zero-order valence-corrected chi connectivity index (χ0v) is 34.7. The van der Waals surface area contributed by atoms with Crippen LogP contribution in [-0.4, -0.2) is 0 Å². The molecule has 1 aliphatic carbocycles. The topological polar surface area (TPSA) is 3.24 Å². The van der Waals surface area contributed by atoms with Crippen molar-refractivity contribution in [2.24, 2.45) is 0 Å². The summed E-state index contributed by atoms with van der Waals surface area (Å²) in [6.07, 6.45) is 0. The van der Waals surface area contributed by atoms with Gasteiger partial charge < -0.3 is 4.90 Å². The van der Waals surface area contributed by atoms with E-state index in [1.807, 2.05) is 83.8 Å². The number of fused-ring (bicyclic) bond motifs is 4. The second-order valence-electron chi connectivity index (χ2n) is 16.6. The van der Waals surface area contributed by atoms with Crippen LogP contribution in [0.1, 0.15) is 30.5 Å². The molecule has 0 radical (unpaired) electrons. The highest BCUT2D eigenvalue weighted by atomic mass is 15.1. The van der Waals surface area contributed by atoms with Gasteiger partial charge in [0.15, 0.2) is 0 Å². The molecule has 294 valence electrons. The van der Waals surface area contributed by atoms with E-state index in [2.05, 4.69) is 147 Å². The van der Waals surface area contributed by atoms with Gasteiger partial charge in [0.25, 0.3) is 0 Å². The minimum atomic E-state index is -0.192. The molecule has 0 fully saturated rings. The first-order chi connectivity index (χ1) is 32.2. The minimum absolute atomic E-state index is 0.0939. The van der Waals surface area contributed by atoms with Crippen LogP contribution in [0.5, 0.6) is 0 Å². The molecule has 0 atom stereocenters. The van der Waals surface area contributed by atoms with Gasteiger partial charge in [-0.05, 0) is 131 Å². The summed E-state index contributed by atoms with van der Waals surface area (Å²) in [4.78, 5) is 1.87. The molecule has 0 saturated carbocycles. The number of anilines is 3. The highest BCUT2D eigenvalue weighted by Crippen LogP contribution is 2.52. The van der Waals surface area contributed by atoms with Crippen LogP contribution in [-0.2, 0) is 5.41 Å². The molecular weight excluding hydrogens is 747 g/mol. The van der Waals surface area contributed by atoms with Gasteiger partial charge in [-0.25, -0.2) is 0 Å². The molecule has 0 heterocycles. The maximum atomic E-state index is 9.60. The van der Waals surface area contributed by atoms with Gasteiger partial charge in [-0.15, -0.1) is 0 Å². The Balaban J connectivity index is 1.01. The van der Waals surface area contributed by atoms with E-state index in [1.54, 1.807) is 0 Å². The van der Waals surface area contributed by atoms with E-state index in [-0.39, 0.29) is 40.8 Å². The van der Waals surface area contributed by atoms with Gasteiger partial charge in [0, 0.05) is 22.5 Å². The molecule has 1 heteroatoms. The van der Waals surface area contributed by atoms with Crippen LogP contribution in [0.15, 0.2) is 236 Å². The van der Waals surface area contributed by atoms with Gasteiger partial charge >= 0.3 is 0 Å². The first-order valence-corrected chi connectivity index (χ1v) is 21.3. The molecule has 10 aromatic rings. The number of nitrogens with zero attached hydrogens (tertiary/aromatic N) is 1. The fourth-order valence-electron chi connectivity index (χ4n) is 9.45. The summed E-state index contributed by atoms with van der Waals surface area (Å²) >= 11 is 0. The number of hydrogen-bond acceptors (Lipinski definition) is 1. The molecule has 0 aromatic heterocycles. The van der Waals surface area contributed by atoms with Crippen molar-refractivity contribution in [2.45, 2.75) is 19.3 Å². The van der Waals surface area contributed by atoms with Crippen LogP contribution in [0.2, 0.25) is 0 Å². The van der Waals surface area contributed by atoms with Crippen molar-refractivity contribution in [1.29, 1.82) is 0 Å². The highest BCUT2D eigenvalue weighted by Gasteiger charge is 2.37. The standard InChI is InChI=1S/C61H45N/c1-61(2)59-24-9-8-20-57(59)58-23-12-22-56(60(58)61)48-33-39-53(40-34-48)62(51-35-29-45(30-36-51)44-27-25-43(26-28-44)42-13-4-3-5-14-42)52-37-31-46(32-38-52)49-17-10-18-50(41-49)55-21-11-16-47-15-6-7-19-54(47)55/h3-41H,1-2H3/i29D,30D,35D,36D. The van der Waals surface area contributed by atoms with Crippen LogP contribution in [0.25, 0.3) is 77.5 Å². The molecule has 10 aromatic carbocycles. The summed E-state index contributed by atoms with van der Waals surface area (Å²) in [5, 5.41) is 2.40. The molecule has 0 spiro atoms. The Bertz CT molecular complexity index is 3430. The molecule has 11 rings (SSSR count). The summed E-state index contributed by atoms with van der Waals surface area (Å²) in [7, 11) is 0. The normalized spacial score (nSPS) is 13.4. The first kappa shape index (κ1) is 33.0. The fraction of sp³-hybridized carbons (Fsp3) is 0.0492. The SMILES string of the molecule is [2H]c1c([2H])c(N(c2ccc(-c3cccc(-c4cccc5ccccc45)c3)cc2)c2ccc(-c3cccc4c3C(C)(C)c3ccccc3-4)cc2)c([2H])c([2H])c1-c1ccc(-c2ccccc2)cc1. The Morgan fingerprint density at radius 1 is 0.339 bits per heavy atom. The first-order valence-electron chi connectivity index (χ1n) is 23.3. The lowest BCUT2D eigenvalue weighted by molar-refractivity contribution is 0.662. The summed E-state index contributed by atoms with van der Waals surface area (Å²) < 4.78 is 38.1. The fourth-order valence-corrected chi connectivity index (χ4v) is 9.45. The third kappa shape index (κ3) is 6.60. The van der Waals surface area contributed by atoms with Gasteiger partial charge in [0.2, 0.25) is 0 Å². The molecule has 0 amide bonds. The van der Waals surface area contributed by atoms with E-state index >= 15 is 0 Å². The van der Waals surface area contributed by atoms with Crippen LogP contribution in [0, 0.1) is 0 Å². The maximum absolute atomic E-state index is 9.60. The minimum Gasteiger partial charge on any atom is -0.311 e. The molecule has 0 aliphatic heterocycles. The van der Waals surface area contributed by atoms with Crippen LogP contribution in [0.3, 0.4) is 0 Å². The number of benzene rings is 10. The lowest BCUT2D eigenvalue weighted by atomic mass is 9.79. The van der Waals surface area contributed by atoms with Gasteiger partial charge in [-0.3, -0.25) is 0 Å². The van der Waals surface area contributed by atoms with E-state index in [0.29, 0.717) is 5.56 Å². The molecule has 62 heavy (non-hydrogen) atoms. The van der Waals surface area contributed by atoms with Crippen molar-refractivity contribution in [2.75, 3.05) is 4.90 Å². The highest BCUT2D eigenvalue weighted by molar-refractivity contribution is 5.97. The van der Waals surface area contributed by atoms with Gasteiger partial charge in [-0.1, -0.05) is 208 Å². The Hall–Kier alpha value is -7.74. The van der Waals surface area contributed by atoms with E-state index < -0.39 is 0 Å². The van der Waals surface area contributed by atoms with Crippen molar-refractivity contribution < 1.29 is 5.48 Å². The predicted octanol–water partition coefficient (Wildman–Crippen LogP) is 17.0. The summed E-state index contributed by atoms with van der Waals surface area (Å²) in [5.74, 6) is 0. The summed E-state index contributed by atoms with van der Waals surface area (Å²) in [5.41, 5.74) is 16.2. The molecule has 0 unspecified atom stereocenters. The lowest BCUT2D eigenvalue weighted by Gasteiger charge is -2.27. The zero-order valence-electron chi connectivity index (χ0n) is 38.7. The van der Waals surface area contributed by atoms with E-state index in [0.717, 1.165) is 50.3 Å². The zero-order chi connectivity index (χ0) is 45.1. The molecular formula is C61H45N. The number of hydrogen-bond donors (Lipinski definition) is 0. The third-order valence-electron chi connectivity index (χ3n) is 12.6. The van der Waals surface area contributed by atoms with Gasteiger partial charge in [0.1, 0.15) is 0 Å². The lowest BCUT2D eigenvalue weighted by Crippen LogP contribution is -2.16. The van der Waals surface area contributed by atoms with Crippen molar-refractivity contribution in [3.8, 4) is 66.8 Å². The molecule has 0 bridgehead atoms. The average Bonchev–Trinajstić information content (AvgIpc) is 3.61. The second kappa shape index (κ2) is 15.4. The van der Waals surface area contributed by atoms with E-state index in [4.69, 9.17) is 0 Å². The monoisotopic (exact) mass is 795 g/mol. The predicted molar refractivity (Wildman–Crippen MR) is 263 cm³/mol. The second-order valence-corrected chi connectivity index (χ2v) is 16.6. The Morgan fingerprint density at radius 2 is 0.823 bits per heavy atom. The van der Waals surface area contributed by atoms with Crippen molar-refractivity contribution >= 4 is 27.8 Å². The molecule has 1 aliphatic rings. The van der Waals surface area contributed by atoms with Crippen LogP contribution >= 0.6 is 0 Å². The van der Waals surface area contributed by atoms with Crippen molar-refractivity contribution in [3.05, 3.63) is 248 Å². The largest absolute Gasteiger partial charge is 0.311 e. The van der Waals surface area contributed by atoms with Crippen LogP contribution in [0.4, 0.5) is 17.1 Å². The van der Waals surface area contributed by atoms with Crippen LogP contribution < -0.4 is 4.90 Å². The molecule has 0 N–H and O–H groups in total. The Labute approximate surface area is 370 Å². The maximum Gasteiger partial charge on any atom is 0.0645 e. The number of rotatable bonds is 8. The van der Waals surface area contributed by atoms with Gasteiger partial charge in [0.05, 0.1) is 5.48 Å². The van der Waals surface area contributed by atoms with E-state index in [9.17, 15) is 5.48 Å². The Morgan fingerprint density at radius 3 is 1.58 bits per heavy atom. The average molecular weight is 796 g/mol. The molecule has 1 nitrogen and oxygen atoms in total. The smallest absolute Gasteiger partial charge is 0.0645 e. The molecule has 0 saturated heterocycles. The van der Waals surface area contributed by atoms with E-state index in [1.165, 1.54) is 38.6 Å². The summed E-state index contributed by atoms with van der Waals surface area (Å²) in [6, 6.07) is 72.5. The quantitative estimate of drug-likeness (QED) is 0.148. The van der Waals surface area contributed by atoms with Crippen molar-refractivity contribution in [3.63, 3.8) is 0 Å². The van der Waals surface area contributed by atoms with Crippen molar-refractivity contribution in [1.82, 2.24) is 0 Å². The summed E-state index contributed by atoms with van der Waals surface area (Å²) in [6.45, 7) is 4.59.